The Bertz CT molecular complexity index is 1230. The number of imidazole rings is 1. The zero-order valence-corrected chi connectivity index (χ0v) is 19.6. The second-order valence-electron chi connectivity index (χ2n) is 7.14. The Kier molecular flexibility index (Phi) is 6.29. The average Bonchev–Trinajstić information content (AvgIpc) is 3.36. The predicted octanol–water partition coefficient (Wildman–Crippen LogP) is 6.01. The molecule has 0 aliphatic rings. The minimum Gasteiger partial charge on any atom is -0.494 e. The van der Waals surface area contributed by atoms with E-state index in [1.807, 2.05) is 62.5 Å². The Morgan fingerprint density at radius 2 is 2.06 bits per heavy atom. The maximum absolute atomic E-state index is 12.4. The highest BCUT2D eigenvalue weighted by Crippen LogP contribution is 2.34. The Labute approximate surface area is 189 Å². The maximum Gasteiger partial charge on any atom is 0.230 e. The molecule has 0 spiro atoms. The molecule has 0 saturated heterocycles. The molecule has 6 nitrogen and oxygen atoms in total. The SMILES string of the molecule is CCOc1ccc2nc(SCc3csc(N(C(C)=O)c4cccc(C)c4C)n3)[nH]c2c1. The lowest BCUT2D eigenvalue weighted by Crippen LogP contribution is -2.23. The van der Waals surface area contributed by atoms with Gasteiger partial charge < -0.3 is 9.72 Å². The van der Waals surface area contributed by atoms with E-state index < -0.39 is 0 Å². The molecule has 160 valence electrons. The smallest absolute Gasteiger partial charge is 0.230 e. The largest absolute Gasteiger partial charge is 0.494 e. The molecular formula is C23H24N4O2S2. The van der Waals surface area contributed by atoms with Crippen LogP contribution in [0.25, 0.3) is 11.0 Å². The van der Waals surface area contributed by atoms with Crippen molar-refractivity contribution in [1.29, 1.82) is 0 Å². The van der Waals surface area contributed by atoms with Crippen molar-refractivity contribution in [2.24, 2.45) is 0 Å². The molecule has 0 aliphatic heterocycles. The van der Waals surface area contributed by atoms with Crippen LogP contribution in [0.3, 0.4) is 0 Å². The van der Waals surface area contributed by atoms with Crippen molar-refractivity contribution in [3.8, 4) is 5.75 Å². The van der Waals surface area contributed by atoms with Gasteiger partial charge in [-0.2, -0.15) is 0 Å². The van der Waals surface area contributed by atoms with Crippen molar-refractivity contribution in [2.45, 2.75) is 38.6 Å². The first-order valence-electron chi connectivity index (χ1n) is 10.0. The number of H-pyrrole nitrogens is 1. The molecule has 31 heavy (non-hydrogen) atoms. The Morgan fingerprint density at radius 3 is 2.84 bits per heavy atom. The molecule has 2 aromatic carbocycles. The number of anilines is 2. The molecule has 4 rings (SSSR count). The molecule has 8 heteroatoms. The van der Waals surface area contributed by atoms with Gasteiger partial charge in [0.25, 0.3) is 0 Å². The van der Waals surface area contributed by atoms with Crippen LogP contribution in [-0.4, -0.2) is 27.5 Å². The number of carbonyl (C=O) groups is 1. The number of aromatic amines is 1. The van der Waals surface area contributed by atoms with E-state index in [0.717, 1.165) is 44.4 Å². The number of nitrogens with zero attached hydrogens (tertiary/aromatic N) is 3. The fourth-order valence-corrected chi connectivity index (χ4v) is 5.05. The molecular weight excluding hydrogens is 428 g/mol. The van der Waals surface area contributed by atoms with Gasteiger partial charge >= 0.3 is 0 Å². The number of carbonyl (C=O) groups excluding carboxylic acids is 1. The monoisotopic (exact) mass is 452 g/mol. The molecule has 2 heterocycles. The second-order valence-corrected chi connectivity index (χ2v) is 8.94. The van der Waals surface area contributed by atoms with Crippen LogP contribution in [0.1, 0.15) is 30.7 Å². The lowest BCUT2D eigenvalue weighted by Gasteiger charge is -2.21. The highest BCUT2D eigenvalue weighted by molar-refractivity contribution is 7.98. The Hall–Kier alpha value is -2.84. The van der Waals surface area contributed by atoms with Gasteiger partial charge in [-0.1, -0.05) is 23.9 Å². The minimum atomic E-state index is -0.0513. The third-order valence-corrected chi connectivity index (χ3v) is 6.74. The van der Waals surface area contributed by atoms with Gasteiger partial charge in [0.2, 0.25) is 5.91 Å². The second kappa shape index (κ2) is 9.11. The summed E-state index contributed by atoms with van der Waals surface area (Å²) in [5, 5.41) is 3.51. The normalized spacial score (nSPS) is 11.1. The van der Waals surface area contributed by atoms with Crippen LogP contribution in [0.2, 0.25) is 0 Å². The molecule has 0 atom stereocenters. The fourth-order valence-electron chi connectivity index (χ4n) is 3.28. The number of thioether (sulfide) groups is 1. The standard InChI is InChI=1S/C23H24N4O2S2/c1-5-29-18-9-10-19-20(11-18)26-22(25-19)30-12-17-13-31-23(24-17)27(16(4)28)21-8-6-7-14(2)15(21)3/h6-11,13H,5,12H2,1-4H3,(H,25,26). The zero-order chi connectivity index (χ0) is 22.0. The Balaban J connectivity index is 1.51. The average molecular weight is 453 g/mol. The van der Waals surface area contributed by atoms with E-state index in [4.69, 9.17) is 9.72 Å². The third kappa shape index (κ3) is 4.60. The summed E-state index contributed by atoms with van der Waals surface area (Å²) in [7, 11) is 0. The molecule has 0 bridgehead atoms. The molecule has 1 N–H and O–H groups in total. The number of rotatable bonds is 7. The summed E-state index contributed by atoms with van der Waals surface area (Å²) in [5.74, 6) is 1.44. The minimum absolute atomic E-state index is 0.0513. The summed E-state index contributed by atoms with van der Waals surface area (Å²) in [5.41, 5.74) is 5.87. The molecule has 0 fully saturated rings. The zero-order valence-electron chi connectivity index (χ0n) is 17.9. The van der Waals surface area contributed by atoms with Crippen molar-refractivity contribution in [3.63, 3.8) is 0 Å². The maximum atomic E-state index is 12.4. The number of aryl methyl sites for hydroxylation is 1. The van der Waals surface area contributed by atoms with Crippen molar-refractivity contribution in [3.05, 3.63) is 58.6 Å². The van der Waals surface area contributed by atoms with E-state index >= 15 is 0 Å². The van der Waals surface area contributed by atoms with Crippen LogP contribution in [-0.2, 0) is 10.5 Å². The first-order chi connectivity index (χ1) is 15.0. The number of hydrogen-bond acceptors (Lipinski definition) is 6. The Morgan fingerprint density at radius 1 is 1.23 bits per heavy atom. The summed E-state index contributed by atoms with van der Waals surface area (Å²) < 4.78 is 5.55. The highest BCUT2D eigenvalue weighted by atomic mass is 32.2. The number of ether oxygens (including phenoxy) is 1. The van der Waals surface area contributed by atoms with Gasteiger partial charge in [-0.3, -0.25) is 9.69 Å². The van der Waals surface area contributed by atoms with E-state index in [1.165, 1.54) is 11.3 Å². The van der Waals surface area contributed by atoms with Crippen LogP contribution >= 0.6 is 23.1 Å². The van der Waals surface area contributed by atoms with Crippen LogP contribution < -0.4 is 9.64 Å². The van der Waals surface area contributed by atoms with Gasteiger partial charge in [-0.05, 0) is 50.1 Å². The number of amides is 1. The topological polar surface area (TPSA) is 71.1 Å². The number of thiazole rings is 1. The van der Waals surface area contributed by atoms with Crippen molar-refractivity contribution in [1.82, 2.24) is 15.0 Å². The lowest BCUT2D eigenvalue weighted by molar-refractivity contribution is -0.115. The number of fused-ring (bicyclic) bond motifs is 1. The summed E-state index contributed by atoms with van der Waals surface area (Å²) in [6, 6.07) is 11.8. The van der Waals surface area contributed by atoms with Gasteiger partial charge in [0.05, 0.1) is 29.0 Å². The molecule has 0 aliphatic carbocycles. The van der Waals surface area contributed by atoms with Gasteiger partial charge in [0, 0.05) is 24.1 Å². The molecule has 0 radical (unpaired) electrons. The highest BCUT2D eigenvalue weighted by Gasteiger charge is 2.20. The van der Waals surface area contributed by atoms with E-state index in [-0.39, 0.29) is 5.91 Å². The van der Waals surface area contributed by atoms with E-state index in [2.05, 4.69) is 9.97 Å². The van der Waals surface area contributed by atoms with E-state index in [9.17, 15) is 4.79 Å². The predicted molar refractivity (Wildman–Crippen MR) is 128 cm³/mol. The van der Waals surface area contributed by atoms with E-state index in [0.29, 0.717) is 17.5 Å². The van der Waals surface area contributed by atoms with Gasteiger partial charge in [0.1, 0.15) is 5.75 Å². The van der Waals surface area contributed by atoms with Crippen molar-refractivity contribution >= 4 is 50.9 Å². The number of aromatic nitrogens is 3. The third-order valence-electron chi connectivity index (χ3n) is 4.96. The molecule has 2 aromatic heterocycles. The van der Waals surface area contributed by atoms with E-state index in [1.54, 1.807) is 23.6 Å². The molecule has 0 saturated carbocycles. The van der Waals surface area contributed by atoms with Gasteiger partial charge in [-0.15, -0.1) is 11.3 Å². The first-order valence-corrected chi connectivity index (χ1v) is 11.9. The number of hydrogen-bond donors (Lipinski definition) is 1. The van der Waals surface area contributed by atoms with Crippen LogP contribution in [0.4, 0.5) is 10.8 Å². The first kappa shape index (κ1) is 21.4. The lowest BCUT2D eigenvalue weighted by atomic mass is 10.1. The van der Waals surface area contributed by atoms with Crippen LogP contribution in [0, 0.1) is 13.8 Å². The quantitative estimate of drug-likeness (QED) is 0.348. The summed E-state index contributed by atoms with van der Waals surface area (Å²) >= 11 is 3.06. The van der Waals surface area contributed by atoms with Crippen LogP contribution in [0.15, 0.2) is 46.9 Å². The summed E-state index contributed by atoms with van der Waals surface area (Å²) in [6.45, 7) is 8.25. The van der Waals surface area contributed by atoms with Crippen molar-refractivity contribution in [2.75, 3.05) is 11.5 Å². The summed E-state index contributed by atoms with van der Waals surface area (Å²) in [6.07, 6.45) is 0. The molecule has 1 amide bonds. The number of benzene rings is 2. The number of nitrogens with one attached hydrogen (secondary N) is 1. The van der Waals surface area contributed by atoms with Crippen molar-refractivity contribution < 1.29 is 9.53 Å². The van der Waals surface area contributed by atoms with Crippen LogP contribution in [0.5, 0.6) is 5.75 Å². The molecule has 4 aromatic rings. The molecule has 0 unspecified atom stereocenters. The fraction of sp³-hybridized carbons (Fsp3) is 0.261. The van der Waals surface area contributed by atoms with Gasteiger partial charge in [-0.25, -0.2) is 9.97 Å². The van der Waals surface area contributed by atoms with Gasteiger partial charge in [0.15, 0.2) is 10.3 Å². The summed E-state index contributed by atoms with van der Waals surface area (Å²) in [4.78, 5) is 26.8.